The Hall–Kier alpha value is -1.03. The van der Waals surface area contributed by atoms with E-state index in [1.54, 1.807) is 0 Å². The first-order valence-corrected chi connectivity index (χ1v) is 3.31. The third kappa shape index (κ3) is 1.51. The quantitative estimate of drug-likeness (QED) is 0.621. The first kappa shape index (κ1) is 8.07. The minimum absolute atomic E-state index is 0.189. The van der Waals surface area contributed by atoms with Gasteiger partial charge in [-0.05, 0) is 0 Å². The van der Waals surface area contributed by atoms with E-state index in [9.17, 15) is 4.79 Å². The Bertz CT molecular complexity index is 321. The highest BCUT2D eigenvalue weighted by Crippen LogP contribution is 2.16. The van der Waals surface area contributed by atoms with Crippen LogP contribution in [0.4, 0.5) is 0 Å². The highest BCUT2D eigenvalue weighted by molar-refractivity contribution is 6.30. The Labute approximate surface area is 68.4 Å². The Morgan fingerprint density at radius 1 is 1.73 bits per heavy atom. The summed E-state index contributed by atoms with van der Waals surface area (Å²) < 4.78 is 5.92. The number of hydrogen-bond acceptors (Lipinski definition) is 3. The summed E-state index contributed by atoms with van der Waals surface area (Å²) >= 11 is 5.61. The molecule has 1 heterocycles. The van der Waals surface area contributed by atoms with Gasteiger partial charge in [-0.3, -0.25) is 4.79 Å². The number of aryl methyl sites for hydroxylation is 1. The first-order valence-electron chi connectivity index (χ1n) is 2.93. The molecule has 1 rings (SSSR count). The number of aromatic nitrogens is 2. The van der Waals surface area contributed by atoms with Crippen LogP contribution in [0.5, 0.6) is 5.75 Å². The van der Waals surface area contributed by atoms with Crippen LogP contribution in [0.3, 0.4) is 0 Å². The molecule has 0 saturated heterocycles. The molecule has 0 aliphatic heterocycles. The van der Waals surface area contributed by atoms with Crippen molar-refractivity contribution in [2.45, 2.75) is 0 Å². The van der Waals surface area contributed by atoms with Gasteiger partial charge in [0.25, 0.3) is 5.56 Å². The van der Waals surface area contributed by atoms with Crippen LogP contribution in [0.25, 0.3) is 0 Å². The Balaban J connectivity index is 3.32. The average Bonchev–Trinajstić information content (AvgIpc) is 1.97. The normalized spacial score (nSPS) is 9.73. The van der Waals surface area contributed by atoms with E-state index >= 15 is 0 Å². The van der Waals surface area contributed by atoms with Gasteiger partial charge in [-0.15, -0.1) is 0 Å². The number of hydrogen-bond donors (Lipinski definition) is 0. The van der Waals surface area contributed by atoms with Crippen LogP contribution in [0.15, 0.2) is 10.9 Å². The summed E-state index contributed by atoms with van der Waals surface area (Å²) in [6.45, 7) is 0. The number of ether oxygens (including phenoxy) is 1. The molecular formula is C6H7ClN2O2. The smallest absolute Gasteiger partial charge is 0.270 e. The predicted octanol–water partition coefficient (Wildman–Crippen LogP) is 0.442. The van der Waals surface area contributed by atoms with Crippen LogP contribution in [0.1, 0.15) is 0 Å². The summed E-state index contributed by atoms with van der Waals surface area (Å²) in [5.41, 5.74) is -0.244. The standard InChI is InChI=1S/C6H7ClN2O2/c1-9-5(10)3-4(11-2)6(7)8-9/h3H,1-2H3. The summed E-state index contributed by atoms with van der Waals surface area (Å²) in [6, 6.07) is 1.29. The lowest BCUT2D eigenvalue weighted by Gasteiger charge is -2.01. The molecular weight excluding hydrogens is 168 g/mol. The van der Waals surface area contributed by atoms with Crippen molar-refractivity contribution in [1.82, 2.24) is 9.78 Å². The van der Waals surface area contributed by atoms with E-state index in [1.165, 1.54) is 20.2 Å². The van der Waals surface area contributed by atoms with Gasteiger partial charge in [-0.1, -0.05) is 11.6 Å². The van der Waals surface area contributed by atoms with Crippen molar-refractivity contribution in [2.75, 3.05) is 7.11 Å². The monoisotopic (exact) mass is 174 g/mol. The Kier molecular flexibility index (Phi) is 2.14. The summed E-state index contributed by atoms with van der Waals surface area (Å²) in [5, 5.41) is 3.88. The molecule has 0 radical (unpaired) electrons. The van der Waals surface area contributed by atoms with Gasteiger partial charge in [0.2, 0.25) is 0 Å². The van der Waals surface area contributed by atoms with Crippen molar-refractivity contribution < 1.29 is 4.74 Å². The fraction of sp³-hybridized carbons (Fsp3) is 0.333. The second kappa shape index (κ2) is 2.92. The lowest BCUT2D eigenvalue weighted by molar-refractivity contribution is 0.408. The van der Waals surface area contributed by atoms with Crippen LogP contribution >= 0.6 is 11.6 Å². The van der Waals surface area contributed by atoms with E-state index < -0.39 is 0 Å². The van der Waals surface area contributed by atoms with Crippen molar-refractivity contribution in [3.05, 3.63) is 21.6 Å². The molecule has 0 N–H and O–H groups in total. The molecule has 0 aliphatic carbocycles. The Morgan fingerprint density at radius 3 is 2.91 bits per heavy atom. The molecule has 0 bridgehead atoms. The number of methoxy groups -OCH3 is 1. The maximum Gasteiger partial charge on any atom is 0.270 e. The second-order valence-electron chi connectivity index (χ2n) is 1.97. The zero-order chi connectivity index (χ0) is 8.43. The van der Waals surface area contributed by atoms with Gasteiger partial charge >= 0.3 is 0 Å². The molecule has 60 valence electrons. The minimum atomic E-state index is -0.244. The van der Waals surface area contributed by atoms with Crippen LogP contribution in [0.2, 0.25) is 5.15 Å². The fourth-order valence-corrected chi connectivity index (χ4v) is 0.884. The highest BCUT2D eigenvalue weighted by atomic mass is 35.5. The SMILES string of the molecule is COc1cc(=O)n(C)nc1Cl. The number of nitrogens with zero attached hydrogens (tertiary/aromatic N) is 2. The van der Waals surface area contributed by atoms with E-state index in [-0.39, 0.29) is 10.7 Å². The minimum Gasteiger partial charge on any atom is -0.493 e. The third-order valence-electron chi connectivity index (χ3n) is 1.23. The Morgan fingerprint density at radius 2 is 2.36 bits per heavy atom. The van der Waals surface area contributed by atoms with Gasteiger partial charge in [0.15, 0.2) is 10.9 Å². The van der Waals surface area contributed by atoms with Crippen molar-refractivity contribution in [3.8, 4) is 5.75 Å². The van der Waals surface area contributed by atoms with Crippen molar-refractivity contribution in [1.29, 1.82) is 0 Å². The van der Waals surface area contributed by atoms with Crippen molar-refractivity contribution >= 4 is 11.6 Å². The highest BCUT2D eigenvalue weighted by Gasteiger charge is 2.03. The molecule has 1 aromatic heterocycles. The summed E-state index contributed by atoms with van der Waals surface area (Å²) in [4.78, 5) is 10.9. The van der Waals surface area contributed by atoms with Crippen LogP contribution in [-0.4, -0.2) is 16.9 Å². The van der Waals surface area contributed by atoms with Crippen molar-refractivity contribution in [3.63, 3.8) is 0 Å². The molecule has 0 aromatic carbocycles. The molecule has 0 spiro atoms. The van der Waals surface area contributed by atoms with Gasteiger partial charge < -0.3 is 4.74 Å². The van der Waals surface area contributed by atoms with Gasteiger partial charge in [-0.2, -0.15) is 5.10 Å². The van der Waals surface area contributed by atoms with Crippen molar-refractivity contribution in [2.24, 2.45) is 7.05 Å². The molecule has 0 saturated carbocycles. The molecule has 11 heavy (non-hydrogen) atoms. The molecule has 0 atom stereocenters. The zero-order valence-electron chi connectivity index (χ0n) is 6.17. The zero-order valence-corrected chi connectivity index (χ0v) is 6.92. The van der Waals surface area contributed by atoms with E-state index in [1.807, 2.05) is 0 Å². The third-order valence-corrected chi connectivity index (χ3v) is 1.50. The molecule has 5 heteroatoms. The first-order chi connectivity index (χ1) is 5.15. The van der Waals surface area contributed by atoms with E-state index in [0.717, 1.165) is 4.68 Å². The molecule has 4 nitrogen and oxygen atoms in total. The lowest BCUT2D eigenvalue weighted by Crippen LogP contribution is -2.18. The molecule has 0 aliphatic rings. The lowest BCUT2D eigenvalue weighted by atomic mass is 10.5. The number of halogens is 1. The van der Waals surface area contributed by atoms with Gasteiger partial charge in [0.1, 0.15) is 0 Å². The predicted molar refractivity (Wildman–Crippen MR) is 41.0 cm³/mol. The average molecular weight is 175 g/mol. The molecule has 0 unspecified atom stereocenters. The maximum atomic E-state index is 10.9. The van der Waals surface area contributed by atoms with E-state index in [4.69, 9.17) is 16.3 Å². The summed E-state index contributed by atoms with van der Waals surface area (Å²) in [7, 11) is 2.95. The molecule has 1 aromatic rings. The largest absolute Gasteiger partial charge is 0.493 e. The van der Waals surface area contributed by atoms with E-state index in [2.05, 4.69) is 5.10 Å². The topological polar surface area (TPSA) is 44.1 Å². The van der Waals surface area contributed by atoms with Gasteiger partial charge in [0.05, 0.1) is 13.2 Å². The summed E-state index contributed by atoms with van der Waals surface area (Å²) in [5.74, 6) is 0.301. The van der Waals surface area contributed by atoms with Crippen LogP contribution in [-0.2, 0) is 7.05 Å². The van der Waals surface area contributed by atoms with Crippen LogP contribution in [0, 0.1) is 0 Å². The van der Waals surface area contributed by atoms with Gasteiger partial charge in [-0.25, -0.2) is 4.68 Å². The maximum absolute atomic E-state index is 10.9. The number of rotatable bonds is 1. The van der Waals surface area contributed by atoms with Crippen LogP contribution < -0.4 is 10.3 Å². The summed E-state index contributed by atoms with van der Waals surface area (Å²) in [6.07, 6.45) is 0. The van der Waals surface area contributed by atoms with Gasteiger partial charge in [0, 0.05) is 7.05 Å². The van der Waals surface area contributed by atoms with E-state index in [0.29, 0.717) is 5.75 Å². The fourth-order valence-electron chi connectivity index (χ4n) is 0.639. The second-order valence-corrected chi connectivity index (χ2v) is 2.32. The molecule has 0 amide bonds. The molecule has 0 fully saturated rings.